The van der Waals surface area contributed by atoms with Gasteiger partial charge in [-0.1, -0.05) is 17.2 Å². The Kier molecular flexibility index (Phi) is 6.34. The van der Waals surface area contributed by atoms with Crippen molar-refractivity contribution in [3.63, 3.8) is 0 Å². The van der Waals surface area contributed by atoms with Crippen LogP contribution in [0.4, 0.5) is 4.39 Å². The maximum Gasteiger partial charge on any atom is 0.339 e. The number of carbonyl (C=O) groups excluding carboxylic acids is 2. The normalized spacial score (nSPS) is 12.7. The van der Waals surface area contributed by atoms with Gasteiger partial charge in [0.25, 0.3) is 0 Å². The molecule has 0 N–H and O–H groups in total. The minimum absolute atomic E-state index is 0.0463. The second kappa shape index (κ2) is 7.99. The predicted octanol–water partition coefficient (Wildman–Crippen LogP) is 3.06. The van der Waals surface area contributed by atoms with Gasteiger partial charge in [0.05, 0.1) is 31.4 Å². The van der Waals surface area contributed by atoms with Crippen LogP contribution < -0.4 is 0 Å². The summed E-state index contributed by atoms with van der Waals surface area (Å²) in [7, 11) is 1.20. The lowest BCUT2D eigenvalue weighted by Crippen LogP contribution is -2.25. The highest BCUT2D eigenvalue weighted by Gasteiger charge is 2.24. The first kappa shape index (κ1) is 17.5. The molecule has 0 aliphatic carbocycles. The van der Waals surface area contributed by atoms with Gasteiger partial charge in [0, 0.05) is 11.3 Å². The van der Waals surface area contributed by atoms with Crippen LogP contribution in [0.25, 0.3) is 10.4 Å². The number of rotatable bonds is 7. The van der Waals surface area contributed by atoms with E-state index in [-0.39, 0.29) is 30.7 Å². The highest BCUT2D eigenvalue weighted by Crippen LogP contribution is 2.17. The Bertz CT molecular complexity index is 598. The second-order valence-electron chi connectivity index (χ2n) is 4.73. The molecule has 0 fully saturated rings. The average molecular weight is 309 g/mol. The first-order chi connectivity index (χ1) is 10.4. The van der Waals surface area contributed by atoms with Gasteiger partial charge < -0.3 is 9.47 Å². The third-order valence-corrected chi connectivity index (χ3v) is 2.87. The van der Waals surface area contributed by atoms with E-state index in [0.29, 0.717) is 0 Å². The minimum atomic E-state index is -1.77. The van der Waals surface area contributed by atoms with E-state index in [1.54, 1.807) is 12.1 Å². The van der Waals surface area contributed by atoms with Gasteiger partial charge in [0.1, 0.15) is 5.67 Å². The fourth-order valence-corrected chi connectivity index (χ4v) is 1.64. The van der Waals surface area contributed by atoms with Crippen LogP contribution in [0.2, 0.25) is 0 Å². The van der Waals surface area contributed by atoms with Crippen molar-refractivity contribution in [1.82, 2.24) is 0 Å². The Morgan fingerprint density at radius 2 is 1.91 bits per heavy atom. The van der Waals surface area contributed by atoms with Crippen molar-refractivity contribution in [3.8, 4) is 0 Å². The molecular weight excluding hydrogens is 293 g/mol. The molecule has 0 bridgehead atoms. The summed E-state index contributed by atoms with van der Waals surface area (Å²) in [6.07, 6.45) is -0.127. The number of halogens is 1. The summed E-state index contributed by atoms with van der Waals surface area (Å²) < 4.78 is 23.4. The lowest BCUT2D eigenvalue weighted by molar-refractivity contribution is 0.0412. The number of carbonyl (C=O) groups is 2. The zero-order chi connectivity index (χ0) is 16.6. The molecule has 8 heteroatoms. The van der Waals surface area contributed by atoms with Crippen molar-refractivity contribution >= 4 is 11.9 Å². The number of benzene rings is 1. The molecule has 0 radical (unpaired) electrons. The minimum Gasteiger partial charge on any atom is -0.465 e. The highest BCUT2D eigenvalue weighted by atomic mass is 19.1. The largest absolute Gasteiger partial charge is 0.465 e. The van der Waals surface area contributed by atoms with Crippen molar-refractivity contribution in [1.29, 1.82) is 0 Å². The number of alkyl halides is 1. The van der Waals surface area contributed by atoms with E-state index in [9.17, 15) is 14.0 Å². The summed E-state index contributed by atoms with van der Waals surface area (Å²) in [5.74, 6) is -1.41. The molecule has 0 aromatic heterocycles. The number of ether oxygens (including phenoxy) is 2. The van der Waals surface area contributed by atoms with Gasteiger partial charge in [-0.25, -0.2) is 14.0 Å². The fraction of sp³-hybridized carbons (Fsp3) is 0.429. The monoisotopic (exact) mass is 309 g/mol. The number of nitrogens with zero attached hydrogens (tertiary/aromatic N) is 3. The lowest BCUT2D eigenvalue weighted by Gasteiger charge is -2.17. The molecule has 0 aliphatic heterocycles. The summed E-state index contributed by atoms with van der Waals surface area (Å²) in [6, 6.07) is 6.01. The maximum absolute atomic E-state index is 13.9. The second-order valence-corrected chi connectivity index (χ2v) is 4.73. The molecule has 0 aliphatic rings. The van der Waals surface area contributed by atoms with Crippen LogP contribution in [0.1, 0.15) is 34.1 Å². The number of methoxy groups -OCH3 is 1. The van der Waals surface area contributed by atoms with E-state index >= 15 is 0 Å². The van der Waals surface area contributed by atoms with Gasteiger partial charge in [0.2, 0.25) is 0 Å². The van der Waals surface area contributed by atoms with Crippen LogP contribution in [-0.2, 0) is 9.47 Å². The number of esters is 2. The topological polar surface area (TPSA) is 101 Å². The average Bonchev–Trinajstić information content (AvgIpc) is 2.52. The summed E-state index contributed by atoms with van der Waals surface area (Å²) in [4.78, 5) is 26.0. The number of hydrogen-bond acceptors (Lipinski definition) is 5. The van der Waals surface area contributed by atoms with E-state index in [1.807, 2.05) is 0 Å². The van der Waals surface area contributed by atoms with Gasteiger partial charge in [0.15, 0.2) is 0 Å². The highest BCUT2D eigenvalue weighted by molar-refractivity contribution is 6.03. The molecule has 0 heterocycles. The Morgan fingerprint density at radius 1 is 1.32 bits per heavy atom. The molecule has 0 spiro atoms. The van der Waals surface area contributed by atoms with Gasteiger partial charge >= 0.3 is 11.9 Å². The van der Waals surface area contributed by atoms with Gasteiger partial charge in [-0.05, 0) is 24.6 Å². The van der Waals surface area contributed by atoms with Crippen LogP contribution in [-0.4, -0.2) is 37.9 Å². The molecule has 22 heavy (non-hydrogen) atoms. The fourth-order valence-electron chi connectivity index (χ4n) is 1.64. The van der Waals surface area contributed by atoms with Crippen LogP contribution in [0.5, 0.6) is 0 Å². The Balaban J connectivity index is 2.67. The number of hydrogen-bond donors (Lipinski definition) is 0. The molecular formula is C14H16FN3O4. The summed E-state index contributed by atoms with van der Waals surface area (Å²) in [5, 5.41) is 3.15. The van der Waals surface area contributed by atoms with E-state index in [1.165, 1.54) is 26.2 Å². The zero-order valence-electron chi connectivity index (χ0n) is 12.3. The van der Waals surface area contributed by atoms with Gasteiger partial charge in [-0.15, -0.1) is 0 Å². The Morgan fingerprint density at radius 3 is 2.45 bits per heavy atom. The Labute approximate surface area is 126 Å². The van der Waals surface area contributed by atoms with Gasteiger partial charge in [-0.3, -0.25) is 0 Å². The molecule has 1 aromatic rings. The van der Waals surface area contributed by atoms with E-state index in [2.05, 4.69) is 14.8 Å². The first-order valence-electron chi connectivity index (χ1n) is 6.45. The van der Waals surface area contributed by atoms with E-state index in [0.717, 1.165) is 0 Å². The summed E-state index contributed by atoms with van der Waals surface area (Å²) in [6.45, 7) is 0.694. The molecule has 0 amide bonds. The van der Waals surface area contributed by atoms with Crippen LogP contribution in [0, 0.1) is 0 Å². The van der Waals surface area contributed by atoms with Crippen molar-refractivity contribution in [2.24, 2.45) is 5.11 Å². The van der Waals surface area contributed by atoms with Crippen LogP contribution in [0.3, 0.4) is 0 Å². The molecule has 0 saturated heterocycles. The molecule has 1 rings (SSSR count). The smallest absolute Gasteiger partial charge is 0.339 e. The van der Waals surface area contributed by atoms with Crippen molar-refractivity contribution in [2.45, 2.75) is 19.0 Å². The van der Waals surface area contributed by atoms with E-state index in [4.69, 9.17) is 10.3 Å². The standard InChI is InChI=1S/C14H16FN3O4/c1-14(15,9-17-18-16)7-8-22-13(20)11-6-4-3-5-10(11)12(19)21-2/h3-6H,7-9H2,1-2H3. The quantitative estimate of drug-likeness (QED) is 0.334. The third kappa shape index (κ3) is 5.06. The summed E-state index contributed by atoms with van der Waals surface area (Å²) >= 11 is 0. The van der Waals surface area contributed by atoms with Crippen molar-refractivity contribution in [2.75, 3.05) is 20.3 Å². The van der Waals surface area contributed by atoms with Crippen LogP contribution in [0.15, 0.2) is 29.4 Å². The lowest BCUT2D eigenvalue weighted by atomic mass is 10.1. The molecule has 0 saturated carbocycles. The Hall–Kier alpha value is -2.60. The third-order valence-electron chi connectivity index (χ3n) is 2.87. The van der Waals surface area contributed by atoms with Gasteiger partial charge in [-0.2, -0.15) is 0 Å². The predicted molar refractivity (Wildman–Crippen MR) is 76.2 cm³/mol. The van der Waals surface area contributed by atoms with E-state index < -0.39 is 17.6 Å². The van der Waals surface area contributed by atoms with Crippen LogP contribution >= 0.6 is 0 Å². The molecule has 7 nitrogen and oxygen atoms in total. The summed E-state index contributed by atoms with van der Waals surface area (Å²) in [5.41, 5.74) is 6.51. The number of azide groups is 1. The van der Waals surface area contributed by atoms with Crippen molar-refractivity contribution < 1.29 is 23.5 Å². The first-order valence-corrected chi connectivity index (χ1v) is 6.45. The SMILES string of the molecule is COC(=O)c1ccccc1C(=O)OCCC(C)(F)CN=[N+]=[N-]. The zero-order valence-corrected chi connectivity index (χ0v) is 12.3. The molecule has 1 atom stereocenters. The maximum atomic E-state index is 13.9. The molecule has 1 unspecified atom stereocenters. The molecule has 118 valence electrons. The van der Waals surface area contributed by atoms with Crippen molar-refractivity contribution in [3.05, 3.63) is 45.8 Å². The molecule has 1 aromatic carbocycles.